The van der Waals surface area contributed by atoms with E-state index < -0.39 is 0 Å². The highest BCUT2D eigenvalue weighted by Crippen LogP contribution is 2.19. The van der Waals surface area contributed by atoms with Crippen molar-refractivity contribution in [2.75, 3.05) is 13.7 Å². The molecular formula is C16H24N2O2. The molecule has 1 amide bonds. The molecule has 2 N–H and O–H groups in total. The molecule has 1 saturated heterocycles. The molecule has 2 rings (SSSR count). The summed E-state index contributed by atoms with van der Waals surface area (Å²) < 4.78 is 5.34. The van der Waals surface area contributed by atoms with Gasteiger partial charge in [-0.25, -0.2) is 0 Å². The highest BCUT2D eigenvalue weighted by atomic mass is 16.5. The van der Waals surface area contributed by atoms with E-state index in [1.807, 2.05) is 31.2 Å². The molecule has 1 aromatic carbocycles. The van der Waals surface area contributed by atoms with Crippen LogP contribution in [0, 0.1) is 0 Å². The van der Waals surface area contributed by atoms with E-state index in [0.717, 1.165) is 37.1 Å². The Bertz CT molecular complexity index is 442. The number of piperidine rings is 1. The van der Waals surface area contributed by atoms with Gasteiger partial charge in [-0.1, -0.05) is 24.6 Å². The third-order valence-electron chi connectivity index (χ3n) is 3.73. The van der Waals surface area contributed by atoms with E-state index in [4.69, 9.17) is 4.74 Å². The van der Waals surface area contributed by atoms with Crippen LogP contribution in [0.15, 0.2) is 24.3 Å². The molecular weight excluding hydrogens is 252 g/mol. The fourth-order valence-corrected chi connectivity index (χ4v) is 2.67. The Labute approximate surface area is 120 Å². The Morgan fingerprint density at radius 3 is 2.95 bits per heavy atom. The number of hydrogen-bond acceptors (Lipinski definition) is 3. The van der Waals surface area contributed by atoms with Gasteiger partial charge in [-0.3, -0.25) is 4.79 Å². The molecule has 4 heteroatoms. The monoisotopic (exact) mass is 276 g/mol. The summed E-state index contributed by atoms with van der Waals surface area (Å²) in [6.45, 7) is 2.98. The average Bonchev–Trinajstić information content (AvgIpc) is 2.48. The molecule has 1 aromatic rings. The van der Waals surface area contributed by atoms with E-state index in [-0.39, 0.29) is 18.0 Å². The molecule has 0 saturated carbocycles. The average molecular weight is 276 g/mol. The molecule has 2 atom stereocenters. The number of hydrogen-bond donors (Lipinski definition) is 2. The van der Waals surface area contributed by atoms with Gasteiger partial charge in [-0.15, -0.1) is 0 Å². The number of rotatable bonds is 5. The van der Waals surface area contributed by atoms with Crippen molar-refractivity contribution in [3.63, 3.8) is 0 Å². The molecule has 110 valence electrons. The lowest BCUT2D eigenvalue weighted by Gasteiger charge is -2.24. The topological polar surface area (TPSA) is 50.4 Å². The minimum Gasteiger partial charge on any atom is -0.496 e. The van der Waals surface area contributed by atoms with Gasteiger partial charge in [0.1, 0.15) is 5.75 Å². The molecule has 0 aromatic heterocycles. The van der Waals surface area contributed by atoms with E-state index in [1.54, 1.807) is 7.11 Å². The first kappa shape index (κ1) is 14.9. The predicted molar refractivity (Wildman–Crippen MR) is 79.9 cm³/mol. The summed E-state index contributed by atoms with van der Waals surface area (Å²) in [5.74, 6) is 0.997. The molecule has 1 aliphatic heterocycles. The SMILES string of the molecule is COc1ccccc1CC(C)NC(=O)[C@H]1CCCCN1. The number of ether oxygens (including phenoxy) is 1. The standard InChI is InChI=1S/C16H24N2O2/c1-12(11-13-7-3-4-9-15(13)20-2)18-16(19)14-8-5-6-10-17-14/h3-4,7,9,12,14,17H,5-6,8,10-11H2,1-2H3,(H,18,19)/t12?,14-/m1/s1. The molecule has 0 bridgehead atoms. The van der Waals surface area contributed by atoms with Crippen LogP contribution in [0.2, 0.25) is 0 Å². The van der Waals surface area contributed by atoms with Crippen molar-refractivity contribution >= 4 is 5.91 Å². The van der Waals surface area contributed by atoms with Gasteiger partial charge in [-0.05, 0) is 44.4 Å². The number of nitrogens with one attached hydrogen (secondary N) is 2. The Hall–Kier alpha value is -1.55. The van der Waals surface area contributed by atoms with Gasteiger partial charge in [0.15, 0.2) is 0 Å². The van der Waals surface area contributed by atoms with Gasteiger partial charge in [-0.2, -0.15) is 0 Å². The Kier molecular flexibility index (Phi) is 5.41. The van der Waals surface area contributed by atoms with E-state index in [0.29, 0.717) is 0 Å². The van der Waals surface area contributed by atoms with Crippen LogP contribution in [0.1, 0.15) is 31.7 Å². The molecule has 1 aliphatic rings. The third-order valence-corrected chi connectivity index (χ3v) is 3.73. The lowest BCUT2D eigenvalue weighted by molar-refractivity contribution is -0.124. The van der Waals surface area contributed by atoms with Crippen molar-refractivity contribution in [3.8, 4) is 5.75 Å². The molecule has 4 nitrogen and oxygen atoms in total. The maximum Gasteiger partial charge on any atom is 0.237 e. The van der Waals surface area contributed by atoms with Crippen LogP contribution < -0.4 is 15.4 Å². The van der Waals surface area contributed by atoms with Crippen LogP contribution >= 0.6 is 0 Å². The summed E-state index contributed by atoms with van der Waals surface area (Å²) in [4.78, 5) is 12.1. The zero-order valence-corrected chi connectivity index (χ0v) is 12.3. The fourth-order valence-electron chi connectivity index (χ4n) is 2.67. The Balaban J connectivity index is 1.88. The number of amides is 1. The van der Waals surface area contributed by atoms with Gasteiger partial charge >= 0.3 is 0 Å². The number of carbonyl (C=O) groups is 1. The van der Waals surface area contributed by atoms with Crippen molar-refractivity contribution in [3.05, 3.63) is 29.8 Å². The van der Waals surface area contributed by atoms with Crippen molar-refractivity contribution in [1.29, 1.82) is 0 Å². The fraction of sp³-hybridized carbons (Fsp3) is 0.562. The smallest absolute Gasteiger partial charge is 0.237 e. The van der Waals surface area contributed by atoms with E-state index in [2.05, 4.69) is 10.6 Å². The Morgan fingerprint density at radius 2 is 2.25 bits per heavy atom. The maximum atomic E-state index is 12.1. The first-order valence-corrected chi connectivity index (χ1v) is 7.36. The summed E-state index contributed by atoms with van der Waals surface area (Å²) in [6, 6.07) is 8.02. The second kappa shape index (κ2) is 7.29. The second-order valence-corrected chi connectivity index (χ2v) is 5.43. The van der Waals surface area contributed by atoms with Gasteiger partial charge in [0.05, 0.1) is 13.2 Å². The van der Waals surface area contributed by atoms with Crippen molar-refractivity contribution in [2.45, 2.75) is 44.7 Å². The van der Waals surface area contributed by atoms with Crippen LogP contribution in [-0.4, -0.2) is 31.6 Å². The first-order valence-electron chi connectivity index (χ1n) is 7.36. The number of carbonyl (C=O) groups excluding carboxylic acids is 1. The van der Waals surface area contributed by atoms with Gasteiger partial charge < -0.3 is 15.4 Å². The van der Waals surface area contributed by atoms with Crippen LogP contribution in [0.5, 0.6) is 5.75 Å². The lowest BCUT2D eigenvalue weighted by atomic mass is 10.0. The molecule has 1 heterocycles. The highest BCUT2D eigenvalue weighted by Gasteiger charge is 2.21. The van der Waals surface area contributed by atoms with Crippen molar-refractivity contribution < 1.29 is 9.53 Å². The minimum atomic E-state index is -0.0242. The number of para-hydroxylation sites is 1. The normalized spacial score (nSPS) is 20.2. The molecule has 0 aliphatic carbocycles. The van der Waals surface area contributed by atoms with E-state index >= 15 is 0 Å². The number of benzene rings is 1. The molecule has 20 heavy (non-hydrogen) atoms. The summed E-state index contributed by atoms with van der Waals surface area (Å²) in [5.41, 5.74) is 1.12. The number of methoxy groups -OCH3 is 1. The largest absolute Gasteiger partial charge is 0.496 e. The van der Waals surface area contributed by atoms with Crippen LogP contribution in [0.25, 0.3) is 0 Å². The second-order valence-electron chi connectivity index (χ2n) is 5.43. The summed E-state index contributed by atoms with van der Waals surface area (Å²) >= 11 is 0. The van der Waals surface area contributed by atoms with Crippen molar-refractivity contribution in [2.24, 2.45) is 0 Å². The summed E-state index contributed by atoms with van der Waals surface area (Å²) in [6.07, 6.45) is 4.02. The van der Waals surface area contributed by atoms with Crippen molar-refractivity contribution in [1.82, 2.24) is 10.6 Å². The van der Waals surface area contributed by atoms with E-state index in [9.17, 15) is 4.79 Å². The molecule has 0 radical (unpaired) electrons. The minimum absolute atomic E-state index is 0.0242. The Morgan fingerprint density at radius 1 is 1.45 bits per heavy atom. The first-order chi connectivity index (χ1) is 9.70. The maximum absolute atomic E-state index is 12.1. The van der Waals surface area contributed by atoms with E-state index in [1.165, 1.54) is 6.42 Å². The van der Waals surface area contributed by atoms with Gasteiger partial charge in [0.25, 0.3) is 0 Å². The molecule has 0 spiro atoms. The van der Waals surface area contributed by atoms with Crippen LogP contribution in [0.3, 0.4) is 0 Å². The molecule has 1 unspecified atom stereocenters. The summed E-state index contributed by atoms with van der Waals surface area (Å²) in [7, 11) is 1.67. The zero-order valence-electron chi connectivity index (χ0n) is 12.3. The summed E-state index contributed by atoms with van der Waals surface area (Å²) in [5, 5.41) is 6.37. The third kappa shape index (κ3) is 3.97. The van der Waals surface area contributed by atoms with Gasteiger partial charge in [0, 0.05) is 6.04 Å². The van der Waals surface area contributed by atoms with Crippen LogP contribution in [0.4, 0.5) is 0 Å². The quantitative estimate of drug-likeness (QED) is 0.863. The molecule has 1 fully saturated rings. The van der Waals surface area contributed by atoms with Crippen LogP contribution in [-0.2, 0) is 11.2 Å². The zero-order chi connectivity index (χ0) is 14.4. The highest BCUT2D eigenvalue weighted by molar-refractivity contribution is 5.82. The van der Waals surface area contributed by atoms with Gasteiger partial charge in [0.2, 0.25) is 5.91 Å². The lowest BCUT2D eigenvalue weighted by Crippen LogP contribution is -2.49. The predicted octanol–water partition coefficient (Wildman–Crippen LogP) is 1.88.